The van der Waals surface area contributed by atoms with Gasteiger partial charge in [-0.2, -0.15) is 5.26 Å². The summed E-state index contributed by atoms with van der Waals surface area (Å²) in [5.74, 6) is 0.937. The number of nitriles is 1. The fourth-order valence-corrected chi connectivity index (χ4v) is 2.82. The highest BCUT2D eigenvalue weighted by molar-refractivity contribution is 6.30. The number of rotatable bonds is 2. The average molecular weight is 310 g/mol. The van der Waals surface area contributed by atoms with Crippen molar-refractivity contribution in [3.63, 3.8) is 0 Å². The minimum absolute atomic E-state index is 0.154. The summed E-state index contributed by atoms with van der Waals surface area (Å²) in [6.45, 7) is 4.16. The summed E-state index contributed by atoms with van der Waals surface area (Å²) in [5, 5.41) is 10.1. The highest BCUT2D eigenvalue weighted by Gasteiger charge is 2.29. The molecule has 0 fully saturated rings. The van der Waals surface area contributed by atoms with Crippen molar-refractivity contribution >= 4 is 23.3 Å². The molecule has 2 aromatic carbocycles. The van der Waals surface area contributed by atoms with Crippen molar-refractivity contribution < 1.29 is 4.74 Å². The molecule has 110 valence electrons. The van der Waals surface area contributed by atoms with Crippen LogP contribution in [0, 0.1) is 11.3 Å². The van der Waals surface area contributed by atoms with Crippen molar-refractivity contribution in [3.8, 4) is 11.8 Å². The lowest BCUT2D eigenvalue weighted by Crippen LogP contribution is -2.24. The van der Waals surface area contributed by atoms with Crippen LogP contribution >= 0.6 is 11.6 Å². The van der Waals surface area contributed by atoms with Crippen molar-refractivity contribution in [3.05, 3.63) is 64.2 Å². The monoisotopic (exact) mass is 309 g/mol. The van der Waals surface area contributed by atoms with Crippen LogP contribution < -0.4 is 4.74 Å². The van der Waals surface area contributed by atoms with E-state index < -0.39 is 0 Å². The topological polar surface area (TPSA) is 33.0 Å². The van der Waals surface area contributed by atoms with Crippen LogP contribution in [0.3, 0.4) is 0 Å². The van der Waals surface area contributed by atoms with Gasteiger partial charge in [-0.3, -0.25) is 0 Å². The van der Waals surface area contributed by atoms with Gasteiger partial charge in [0.2, 0.25) is 0 Å². The Morgan fingerprint density at radius 3 is 2.64 bits per heavy atom. The van der Waals surface area contributed by atoms with Gasteiger partial charge in [-0.15, -0.1) is 0 Å². The van der Waals surface area contributed by atoms with E-state index in [1.165, 1.54) is 5.56 Å². The average Bonchev–Trinajstić information content (AvgIpc) is 2.79. The van der Waals surface area contributed by atoms with Crippen LogP contribution in [0.15, 0.2) is 42.5 Å². The maximum absolute atomic E-state index is 9.41. The third-order valence-corrected chi connectivity index (χ3v) is 3.93. The number of halogens is 1. The fourth-order valence-electron chi connectivity index (χ4n) is 2.70. The molecular weight excluding hydrogens is 294 g/mol. The van der Waals surface area contributed by atoms with E-state index in [0.717, 1.165) is 23.3 Å². The maximum atomic E-state index is 9.41. The van der Waals surface area contributed by atoms with Gasteiger partial charge < -0.3 is 4.74 Å². The number of hydrogen-bond donors (Lipinski definition) is 0. The first-order valence-corrected chi connectivity index (χ1v) is 7.54. The standard InChI is InChI=1S/C19H16ClNO/c1-19(2)11-15-9-13(3-8-18(15)22-19)10-16(12-21)14-4-6-17(20)7-5-14/h3-10H,11H2,1-2H3/b16-10+. The molecule has 1 aliphatic rings. The van der Waals surface area contributed by atoms with Gasteiger partial charge in [-0.1, -0.05) is 29.8 Å². The molecule has 0 N–H and O–H groups in total. The Balaban J connectivity index is 1.95. The summed E-state index contributed by atoms with van der Waals surface area (Å²) in [4.78, 5) is 0. The third kappa shape index (κ3) is 3.00. The van der Waals surface area contributed by atoms with Crippen LogP contribution in [-0.4, -0.2) is 5.60 Å². The SMILES string of the molecule is CC1(C)Cc2cc(/C=C(\C#N)c3ccc(Cl)cc3)ccc2O1. The summed E-state index contributed by atoms with van der Waals surface area (Å²) in [6.07, 6.45) is 2.78. The van der Waals surface area contributed by atoms with E-state index in [0.29, 0.717) is 10.6 Å². The van der Waals surface area contributed by atoms with E-state index in [4.69, 9.17) is 16.3 Å². The highest BCUT2D eigenvalue weighted by Crippen LogP contribution is 2.35. The number of nitrogens with zero attached hydrogens (tertiary/aromatic N) is 1. The van der Waals surface area contributed by atoms with Gasteiger partial charge in [0, 0.05) is 11.4 Å². The summed E-state index contributed by atoms with van der Waals surface area (Å²) in [7, 11) is 0. The molecule has 3 rings (SSSR count). The molecule has 0 amide bonds. The van der Waals surface area contributed by atoms with Gasteiger partial charge in [-0.25, -0.2) is 0 Å². The molecule has 0 radical (unpaired) electrons. The van der Waals surface area contributed by atoms with Gasteiger partial charge >= 0.3 is 0 Å². The number of benzene rings is 2. The lowest BCUT2D eigenvalue weighted by atomic mass is 9.98. The number of fused-ring (bicyclic) bond motifs is 1. The zero-order chi connectivity index (χ0) is 15.7. The molecule has 0 atom stereocenters. The summed E-state index contributed by atoms with van der Waals surface area (Å²) >= 11 is 5.89. The van der Waals surface area contributed by atoms with Gasteiger partial charge in [0.05, 0.1) is 11.6 Å². The molecule has 2 aromatic rings. The van der Waals surface area contributed by atoms with Crippen LogP contribution in [0.2, 0.25) is 5.02 Å². The first-order valence-electron chi connectivity index (χ1n) is 7.16. The largest absolute Gasteiger partial charge is 0.487 e. The van der Waals surface area contributed by atoms with Crippen LogP contribution in [-0.2, 0) is 6.42 Å². The normalized spacial score (nSPS) is 15.8. The quantitative estimate of drug-likeness (QED) is 0.570. The van der Waals surface area contributed by atoms with E-state index in [9.17, 15) is 5.26 Å². The number of hydrogen-bond acceptors (Lipinski definition) is 2. The molecule has 3 heteroatoms. The predicted molar refractivity (Wildman–Crippen MR) is 89.8 cm³/mol. The molecule has 0 bridgehead atoms. The molecule has 0 aromatic heterocycles. The Morgan fingerprint density at radius 1 is 1.23 bits per heavy atom. The van der Waals surface area contributed by atoms with Gasteiger partial charge in [0.1, 0.15) is 11.4 Å². The minimum atomic E-state index is -0.154. The molecule has 0 unspecified atom stereocenters. The van der Waals surface area contributed by atoms with E-state index in [1.807, 2.05) is 30.3 Å². The van der Waals surface area contributed by atoms with E-state index in [-0.39, 0.29) is 5.60 Å². The fraction of sp³-hybridized carbons (Fsp3) is 0.211. The van der Waals surface area contributed by atoms with Crippen LogP contribution in [0.25, 0.3) is 11.6 Å². The first-order chi connectivity index (χ1) is 10.5. The number of allylic oxidation sites excluding steroid dienone is 1. The van der Waals surface area contributed by atoms with Gasteiger partial charge in [-0.05, 0) is 60.9 Å². The zero-order valence-corrected chi connectivity index (χ0v) is 13.3. The second-order valence-electron chi connectivity index (χ2n) is 6.08. The molecule has 2 nitrogen and oxygen atoms in total. The molecule has 0 saturated carbocycles. The molecule has 0 saturated heterocycles. The highest BCUT2D eigenvalue weighted by atomic mass is 35.5. The molecular formula is C19H16ClNO. The maximum Gasteiger partial charge on any atom is 0.123 e. The molecule has 0 spiro atoms. The van der Waals surface area contributed by atoms with Crippen molar-refractivity contribution in [2.45, 2.75) is 25.9 Å². The Kier molecular flexibility index (Phi) is 3.68. The minimum Gasteiger partial charge on any atom is -0.487 e. The first kappa shape index (κ1) is 14.7. The smallest absolute Gasteiger partial charge is 0.123 e. The van der Waals surface area contributed by atoms with E-state index in [2.05, 4.69) is 26.0 Å². The van der Waals surface area contributed by atoms with Crippen molar-refractivity contribution in [2.75, 3.05) is 0 Å². The van der Waals surface area contributed by atoms with Crippen molar-refractivity contribution in [1.82, 2.24) is 0 Å². The molecule has 0 aliphatic carbocycles. The van der Waals surface area contributed by atoms with E-state index in [1.54, 1.807) is 12.1 Å². The zero-order valence-electron chi connectivity index (χ0n) is 12.6. The van der Waals surface area contributed by atoms with Gasteiger partial charge in [0.25, 0.3) is 0 Å². The molecule has 1 heterocycles. The Bertz CT molecular complexity index is 782. The lowest BCUT2D eigenvalue weighted by molar-refractivity contribution is 0.138. The molecule has 22 heavy (non-hydrogen) atoms. The summed E-state index contributed by atoms with van der Waals surface area (Å²) in [6, 6.07) is 15.6. The van der Waals surface area contributed by atoms with Crippen LogP contribution in [0.1, 0.15) is 30.5 Å². The Hall–Kier alpha value is -2.24. The van der Waals surface area contributed by atoms with Crippen LogP contribution in [0.4, 0.5) is 0 Å². The summed E-state index contributed by atoms with van der Waals surface area (Å²) < 4.78 is 5.88. The second-order valence-corrected chi connectivity index (χ2v) is 6.52. The summed E-state index contributed by atoms with van der Waals surface area (Å²) in [5.41, 5.74) is 3.52. The lowest BCUT2D eigenvalue weighted by Gasteiger charge is -2.16. The van der Waals surface area contributed by atoms with Gasteiger partial charge in [0.15, 0.2) is 0 Å². The Morgan fingerprint density at radius 2 is 1.95 bits per heavy atom. The molecule has 1 aliphatic heterocycles. The third-order valence-electron chi connectivity index (χ3n) is 3.67. The van der Waals surface area contributed by atoms with E-state index >= 15 is 0 Å². The van der Waals surface area contributed by atoms with Crippen molar-refractivity contribution in [2.24, 2.45) is 0 Å². The predicted octanol–water partition coefficient (Wildman–Crippen LogP) is 5.12. The Labute approximate surface area is 135 Å². The second kappa shape index (κ2) is 5.51. The van der Waals surface area contributed by atoms with Crippen LogP contribution in [0.5, 0.6) is 5.75 Å². The van der Waals surface area contributed by atoms with Crippen molar-refractivity contribution in [1.29, 1.82) is 5.26 Å². The number of ether oxygens (including phenoxy) is 1.